The van der Waals surface area contributed by atoms with Crippen LogP contribution in [0.2, 0.25) is 0 Å². The summed E-state index contributed by atoms with van der Waals surface area (Å²) in [4.78, 5) is 21.7. The van der Waals surface area contributed by atoms with Gasteiger partial charge in [-0.25, -0.2) is 4.98 Å². The maximum Gasteiger partial charge on any atom is 0.255 e. The minimum absolute atomic E-state index is 0.109. The van der Waals surface area contributed by atoms with Gasteiger partial charge in [0.2, 0.25) is 0 Å². The Bertz CT molecular complexity index is 822. The van der Waals surface area contributed by atoms with Crippen LogP contribution in [0.15, 0.2) is 24.7 Å². The molecule has 1 unspecified atom stereocenters. The lowest BCUT2D eigenvalue weighted by Crippen LogP contribution is -2.38. The molecule has 2 fully saturated rings. The third-order valence-corrected chi connectivity index (χ3v) is 6.33. The van der Waals surface area contributed by atoms with Crippen molar-refractivity contribution in [1.82, 2.24) is 24.6 Å². The molecule has 7 heteroatoms. The van der Waals surface area contributed by atoms with E-state index in [-0.39, 0.29) is 5.91 Å². The number of nitrogens with zero attached hydrogens (tertiary/aromatic N) is 6. The van der Waals surface area contributed by atoms with E-state index >= 15 is 0 Å². The third-order valence-electron chi connectivity index (χ3n) is 6.33. The van der Waals surface area contributed by atoms with Crippen LogP contribution in [0.25, 0.3) is 0 Å². The lowest BCUT2D eigenvalue weighted by molar-refractivity contribution is 0.0697. The van der Waals surface area contributed by atoms with Gasteiger partial charge in [0.15, 0.2) is 0 Å². The number of rotatable bonds is 4. The molecule has 0 bridgehead atoms. The second-order valence-electron chi connectivity index (χ2n) is 8.86. The molecule has 4 rings (SSSR count). The van der Waals surface area contributed by atoms with Crippen molar-refractivity contribution >= 4 is 11.7 Å². The van der Waals surface area contributed by atoms with Crippen molar-refractivity contribution in [3.05, 3.63) is 36.0 Å². The number of carbonyl (C=O) groups excluding carboxylic acids is 1. The maximum atomic E-state index is 12.8. The molecule has 0 aliphatic carbocycles. The SMILES string of the molecule is CC1CCN(C(=O)c2ccc(N3CCCC(c4nncn4C(C)C)C3)nc2)CC1. The first-order chi connectivity index (χ1) is 14.0. The summed E-state index contributed by atoms with van der Waals surface area (Å²) in [5.41, 5.74) is 0.691. The number of pyridine rings is 1. The molecule has 1 atom stereocenters. The Balaban J connectivity index is 1.43. The topological polar surface area (TPSA) is 67.2 Å². The molecule has 2 aliphatic rings. The lowest BCUT2D eigenvalue weighted by Gasteiger charge is -2.33. The molecule has 4 heterocycles. The largest absolute Gasteiger partial charge is 0.356 e. The standard InChI is InChI=1S/C22H32N6O/c1-16(2)28-15-24-25-21(28)19-5-4-10-27(14-19)20-7-6-18(13-23-20)22(29)26-11-8-17(3)9-12-26/h6-7,13,15-17,19H,4-5,8-12,14H2,1-3H3. The van der Waals surface area contributed by atoms with Crippen molar-refractivity contribution in [3.63, 3.8) is 0 Å². The molecule has 0 radical (unpaired) electrons. The van der Waals surface area contributed by atoms with E-state index in [2.05, 4.69) is 45.4 Å². The van der Waals surface area contributed by atoms with Crippen LogP contribution in [0.4, 0.5) is 5.82 Å². The predicted octanol–water partition coefficient (Wildman–Crippen LogP) is 3.51. The Labute approximate surface area is 173 Å². The fourth-order valence-corrected chi connectivity index (χ4v) is 4.43. The van der Waals surface area contributed by atoms with Crippen molar-refractivity contribution in [2.75, 3.05) is 31.1 Å². The van der Waals surface area contributed by atoms with Gasteiger partial charge < -0.3 is 14.4 Å². The number of piperidine rings is 2. The highest BCUT2D eigenvalue weighted by atomic mass is 16.2. The average molecular weight is 397 g/mol. The zero-order valence-corrected chi connectivity index (χ0v) is 17.8. The van der Waals surface area contributed by atoms with Crippen LogP contribution in [0.5, 0.6) is 0 Å². The van der Waals surface area contributed by atoms with Crippen molar-refractivity contribution in [3.8, 4) is 0 Å². The second-order valence-corrected chi connectivity index (χ2v) is 8.86. The first kappa shape index (κ1) is 19.9. The van der Waals surface area contributed by atoms with Gasteiger partial charge in [-0.3, -0.25) is 4.79 Å². The molecular formula is C22H32N6O. The number of likely N-dealkylation sites (tertiary alicyclic amines) is 1. The van der Waals surface area contributed by atoms with Crippen molar-refractivity contribution in [2.24, 2.45) is 5.92 Å². The number of amides is 1. The normalized spacial score (nSPS) is 21.0. The first-order valence-electron chi connectivity index (χ1n) is 10.9. The van der Waals surface area contributed by atoms with Crippen LogP contribution in [-0.4, -0.2) is 56.7 Å². The fourth-order valence-electron chi connectivity index (χ4n) is 4.43. The van der Waals surface area contributed by atoms with E-state index in [0.717, 1.165) is 63.5 Å². The summed E-state index contributed by atoms with van der Waals surface area (Å²) < 4.78 is 2.17. The molecule has 1 amide bonds. The van der Waals surface area contributed by atoms with Crippen LogP contribution in [-0.2, 0) is 0 Å². The number of hydrogen-bond donors (Lipinski definition) is 0. The van der Waals surface area contributed by atoms with Gasteiger partial charge in [-0.15, -0.1) is 10.2 Å². The van der Waals surface area contributed by atoms with Gasteiger partial charge in [-0.1, -0.05) is 6.92 Å². The summed E-state index contributed by atoms with van der Waals surface area (Å²) in [6, 6.07) is 4.29. The number of carbonyl (C=O) groups is 1. The van der Waals surface area contributed by atoms with Crippen LogP contribution >= 0.6 is 0 Å². The minimum atomic E-state index is 0.109. The summed E-state index contributed by atoms with van der Waals surface area (Å²) in [5.74, 6) is 3.18. The van der Waals surface area contributed by atoms with Crippen molar-refractivity contribution in [1.29, 1.82) is 0 Å². The zero-order chi connectivity index (χ0) is 20.4. The number of hydrogen-bond acceptors (Lipinski definition) is 5. The van der Waals surface area contributed by atoms with Gasteiger partial charge >= 0.3 is 0 Å². The van der Waals surface area contributed by atoms with E-state index in [1.807, 2.05) is 23.4 Å². The highest BCUT2D eigenvalue weighted by Gasteiger charge is 2.27. The molecule has 29 heavy (non-hydrogen) atoms. The maximum absolute atomic E-state index is 12.8. The smallest absolute Gasteiger partial charge is 0.255 e. The molecule has 2 aromatic rings. The van der Waals surface area contributed by atoms with Gasteiger partial charge in [0.1, 0.15) is 18.0 Å². The van der Waals surface area contributed by atoms with E-state index in [0.29, 0.717) is 23.4 Å². The highest BCUT2D eigenvalue weighted by Crippen LogP contribution is 2.29. The Morgan fingerprint density at radius 3 is 2.62 bits per heavy atom. The number of anilines is 1. The Kier molecular flexibility index (Phi) is 5.83. The van der Waals surface area contributed by atoms with Gasteiger partial charge in [-0.2, -0.15) is 0 Å². The summed E-state index contributed by atoms with van der Waals surface area (Å²) >= 11 is 0. The van der Waals surface area contributed by atoms with E-state index in [4.69, 9.17) is 0 Å². The lowest BCUT2D eigenvalue weighted by atomic mass is 9.96. The molecule has 2 aromatic heterocycles. The van der Waals surface area contributed by atoms with Crippen molar-refractivity contribution in [2.45, 2.75) is 58.4 Å². The first-order valence-corrected chi connectivity index (χ1v) is 10.9. The quantitative estimate of drug-likeness (QED) is 0.791. The van der Waals surface area contributed by atoms with Crippen LogP contribution in [0.3, 0.4) is 0 Å². The third kappa shape index (κ3) is 4.28. The fraction of sp³-hybridized carbons (Fsp3) is 0.636. The van der Waals surface area contributed by atoms with Crippen LogP contribution in [0, 0.1) is 5.92 Å². The van der Waals surface area contributed by atoms with Crippen LogP contribution < -0.4 is 4.90 Å². The zero-order valence-electron chi connectivity index (χ0n) is 17.8. The second kappa shape index (κ2) is 8.51. The minimum Gasteiger partial charge on any atom is -0.356 e. The molecule has 7 nitrogen and oxygen atoms in total. The van der Waals surface area contributed by atoms with Gasteiger partial charge in [0, 0.05) is 44.3 Å². The molecule has 0 spiro atoms. The van der Waals surface area contributed by atoms with Crippen LogP contribution in [0.1, 0.15) is 74.6 Å². The monoisotopic (exact) mass is 396 g/mol. The van der Waals surface area contributed by atoms with Gasteiger partial charge in [-0.05, 0) is 57.6 Å². The molecule has 2 saturated heterocycles. The molecular weight excluding hydrogens is 364 g/mol. The number of aromatic nitrogens is 4. The van der Waals surface area contributed by atoms with Crippen molar-refractivity contribution < 1.29 is 4.79 Å². The van der Waals surface area contributed by atoms with Gasteiger partial charge in [0.05, 0.1) is 5.56 Å². The van der Waals surface area contributed by atoms with E-state index in [1.165, 1.54) is 0 Å². The molecule has 0 N–H and O–H groups in total. The average Bonchev–Trinajstić information content (AvgIpc) is 3.24. The Hall–Kier alpha value is -2.44. The highest BCUT2D eigenvalue weighted by molar-refractivity contribution is 5.94. The van der Waals surface area contributed by atoms with Gasteiger partial charge in [0.25, 0.3) is 5.91 Å². The Morgan fingerprint density at radius 2 is 1.93 bits per heavy atom. The van der Waals surface area contributed by atoms with E-state index in [9.17, 15) is 4.79 Å². The molecule has 0 saturated carbocycles. The molecule has 2 aliphatic heterocycles. The van der Waals surface area contributed by atoms with E-state index in [1.54, 1.807) is 6.20 Å². The predicted molar refractivity (Wildman–Crippen MR) is 113 cm³/mol. The molecule has 0 aromatic carbocycles. The summed E-state index contributed by atoms with van der Waals surface area (Å²) in [6.45, 7) is 10.2. The summed E-state index contributed by atoms with van der Waals surface area (Å²) in [6.07, 6.45) is 7.98. The Morgan fingerprint density at radius 1 is 1.14 bits per heavy atom. The molecule has 156 valence electrons. The summed E-state index contributed by atoms with van der Waals surface area (Å²) in [7, 11) is 0. The summed E-state index contributed by atoms with van der Waals surface area (Å²) in [5, 5.41) is 8.53. The van der Waals surface area contributed by atoms with E-state index < -0.39 is 0 Å².